The van der Waals surface area contributed by atoms with Gasteiger partial charge >= 0.3 is 12.1 Å². The summed E-state index contributed by atoms with van der Waals surface area (Å²) in [7, 11) is 1.61. The standard InChI is InChI=1S/C13H25F3N2O2/c1-5-20-12(19)11(17-10(2)3)6-8-18(4)9-7-13(14,15)16/h10-11,17H,5-9H2,1-4H3. The zero-order chi connectivity index (χ0) is 15.8. The SMILES string of the molecule is CCOC(=O)C(CCN(C)CCC(F)(F)F)NC(C)C. The van der Waals surface area contributed by atoms with E-state index in [4.69, 9.17) is 4.74 Å². The molecule has 0 aromatic heterocycles. The molecule has 0 aliphatic rings. The summed E-state index contributed by atoms with van der Waals surface area (Å²) in [4.78, 5) is 13.3. The van der Waals surface area contributed by atoms with Crippen molar-refractivity contribution in [3.8, 4) is 0 Å². The van der Waals surface area contributed by atoms with Crippen molar-refractivity contribution in [2.45, 2.75) is 51.9 Å². The van der Waals surface area contributed by atoms with Crippen LogP contribution in [0.4, 0.5) is 13.2 Å². The normalized spacial score (nSPS) is 13.8. The molecule has 0 saturated carbocycles. The Balaban J connectivity index is 4.20. The van der Waals surface area contributed by atoms with E-state index in [2.05, 4.69) is 5.32 Å². The fourth-order valence-corrected chi connectivity index (χ4v) is 1.69. The van der Waals surface area contributed by atoms with Crippen LogP contribution < -0.4 is 5.32 Å². The van der Waals surface area contributed by atoms with Gasteiger partial charge in [0, 0.05) is 12.6 Å². The number of ether oxygens (including phenoxy) is 1. The lowest BCUT2D eigenvalue weighted by molar-refractivity contribution is -0.146. The molecular weight excluding hydrogens is 273 g/mol. The number of hydrogen-bond acceptors (Lipinski definition) is 4. The van der Waals surface area contributed by atoms with E-state index in [-0.39, 0.29) is 18.6 Å². The minimum Gasteiger partial charge on any atom is -0.465 e. The number of carbonyl (C=O) groups excluding carboxylic acids is 1. The van der Waals surface area contributed by atoms with Crippen molar-refractivity contribution in [3.05, 3.63) is 0 Å². The first-order valence-electron chi connectivity index (χ1n) is 6.83. The van der Waals surface area contributed by atoms with Crippen LogP contribution in [0.25, 0.3) is 0 Å². The van der Waals surface area contributed by atoms with Gasteiger partial charge in [-0.25, -0.2) is 0 Å². The van der Waals surface area contributed by atoms with Crippen LogP contribution in [0.2, 0.25) is 0 Å². The molecule has 0 rings (SSSR count). The van der Waals surface area contributed by atoms with Crippen LogP contribution in [-0.2, 0) is 9.53 Å². The number of nitrogens with zero attached hydrogens (tertiary/aromatic N) is 1. The number of halogens is 3. The molecule has 20 heavy (non-hydrogen) atoms. The molecule has 0 amide bonds. The molecule has 120 valence electrons. The van der Waals surface area contributed by atoms with E-state index < -0.39 is 18.6 Å². The maximum absolute atomic E-state index is 12.1. The maximum atomic E-state index is 12.1. The van der Waals surface area contributed by atoms with Crippen LogP contribution in [0.3, 0.4) is 0 Å². The number of hydrogen-bond donors (Lipinski definition) is 1. The lowest BCUT2D eigenvalue weighted by Gasteiger charge is -2.23. The molecule has 0 spiro atoms. The van der Waals surface area contributed by atoms with Crippen molar-refractivity contribution in [3.63, 3.8) is 0 Å². The average Bonchev–Trinajstić information content (AvgIpc) is 2.30. The molecule has 1 unspecified atom stereocenters. The van der Waals surface area contributed by atoms with Crippen LogP contribution in [-0.4, -0.2) is 55.9 Å². The minimum absolute atomic E-state index is 0.0687. The molecule has 0 bridgehead atoms. The van der Waals surface area contributed by atoms with Gasteiger partial charge in [0.2, 0.25) is 0 Å². The van der Waals surface area contributed by atoms with Crippen LogP contribution in [0.1, 0.15) is 33.6 Å². The lowest BCUT2D eigenvalue weighted by Crippen LogP contribution is -2.44. The molecule has 0 radical (unpaired) electrons. The Hall–Kier alpha value is -0.820. The number of nitrogens with one attached hydrogen (secondary N) is 1. The van der Waals surface area contributed by atoms with Gasteiger partial charge in [0.05, 0.1) is 13.0 Å². The lowest BCUT2D eigenvalue weighted by atomic mass is 10.1. The fourth-order valence-electron chi connectivity index (χ4n) is 1.69. The predicted octanol–water partition coefficient (Wildman–Crippen LogP) is 2.19. The zero-order valence-corrected chi connectivity index (χ0v) is 12.6. The summed E-state index contributed by atoms with van der Waals surface area (Å²) >= 11 is 0. The second-order valence-corrected chi connectivity index (χ2v) is 5.08. The first-order chi connectivity index (χ1) is 9.15. The van der Waals surface area contributed by atoms with Gasteiger partial charge in [-0.15, -0.1) is 0 Å². The van der Waals surface area contributed by atoms with E-state index >= 15 is 0 Å². The van der Waals surface area contributed by atoms with Crippen LogP contribution in [0.5, 0.6) is 0 Å². The Labute approximate surface area is 118 Å². The smallest absolute Gasteiger partial charge is 0.390 e. The summed E-state index contributed by atoms with van der Waals surface area (Å²) < 4.78 is 41.3. The van der Waals surface area contributed by atoms with E-state index in [1.807, 2.05) is 13.8 Å². The summed E-state index contributed by atoms with van der Waals surface area (Å²) in [5, 5.41) is 3.07. The average molecular weight is 298 g/mol. The molecule has 1 N–H and O–H groups in total. The Morgan fingerprint density at radius 1 is 1.30 bits per heavy atom. The Bertz CT molecular complexity index is 283. The maximum Gasteiger partial charge on any atom is 0.390 e. The molecule has 0 heterocycles. The largest absolute Gasteiger partial charge is 0.465 e. The van der Waals surface area contributed by atoms with Crippen molar-refractivity contribution in [1.82, 2.24) is 10.2 Å². The van der Waals surface area contributed by atoms with Gasteiger partial charge in [-0.05, 0) is 26.9 Å². The molecular formula is C13H25F3N2O2. The van der Waals surface area contributed by atoms with Crippen molar-refractivity contribution < 1.29 is 22.7 Å². The highest BCUT2D eigenvalue weighted by Crippen LogP contribution is 2.19. The highest BCUT2D eigenvalue weighted by atomic mass is 19.4. The number of carbonyl (C=O) groups is 1. The summed E-state index contributed by atoms with van der Waals surface area (Å²) in [6.45, 7) is 6.15. The van der Waals surface area contributed by atoms with Gasteiger partial charge in [-0.1, -0.05) is 13.8 Å². The molecule has 0 aliphatic heterocycles. The minimum atomic E-state index is -4.15. The van der Waals surface area contributed by atoms with Crippen LogP contribution in [0, 0.1) is 0 Å². The summed E-state index contributed by atoms with van der Waals surface area (Å²) in [5.41, 5.74) is 0. The van der Waals surface area contributed by atoms with Crippen LogP contribution in [0.15, 0.2) is 0 Å². The number of rotatable bonds is 9. The van der Waals surface area contributed by atoms with Crippen molar-refractivity contribution in [1.29, 1.82) is 0 Å². The molecule has 0 aromatic carbocycles. The summed E-state index contributed by atoms with van der Waals surface area (Å²) in [6.07, 6.45) is -4.57. The number of alkyl halides is 3. The van der Waals surface area contributed by atoms with E-state index in [9.17, 15) is 18.0 Å². The van der Waals surface area contributed by atoms with Gasteiger partial charge in [-0.2, -0.15) is 13.2 Å². The van der Waals surface area contributed by atoms with Gasteiger partial charge in [0.15, 0.2) is 0 Å². The quantitative estimate of drug-likeness (QED) is 0.663. The van der Waals surface area contributed by atoms with Crippen molar-refractivity contribution in [2.75, 3.05) is 26.7 Å². The van der Waals surface area contributed by atoms with Gasteiger partial charge in [0.1, 0.15) is 6.04 Å². The predicted molar refractivity (Wildman–Crippen MR) is 71.5 cm³/mol. The van der Waals surface area contributed by atoms with E-state index in [1.54, 1.807) is 18.9 Å². The molecule has 1 atom stereocenters. The topological polar surface area (TPSA) is 41.6 Å². The Morgan fingerprint density at radius 3 is 2.35 bits per heavy atom. The second-order valence-electron chi connectivity index (χ2n) is 5.08. The monoisotopic (exact) mass is 298 g/mol. The van der Waals surface area contributed by atoms with Gasteiger partial charge in [0.25, 0.3) is 0 Å². The second kappa shape index (κ2) is 9.18. The van der Waals surface area contributed by atoms with Gasteiger partial charge in [-0.3, -0.25) is 4.79 Å². The zero-order valence-electron chi connectivity index (χ0n) is 12.6. The summed E-state index contributed by atoms with van der Waals surface area (Å²) in [5.74, 6) is -0.356. The van der Waals surface area contributed by atoms with E-state index in [0.717, 1.165) is 0 Å². The number of esters is 1. The Kier molecular flexibility index (Phi) is 8.80. The first kappa shape index (κ1) is 19.2. The Morgan fingerprint density at radius 2 is 1.90 bits per heavy atom. The third kappa shape index (κ3) is 10.0. The molecule has 4 nitrogen and oxygen atoms in total. The fraction of sp³-hybridized carbons (Fsp3) is 0.923. The highest BCUT2D eigenvalue weighted by Gasteiger charge is 2.27. The summed E-state index contributed by atoms with van der Waals surface area (Å²) in [6, 6.07) is -0.381. The molecule has 0 fully saturated rings. The third-order valence-corrected chi connectivity index (χ3v) is 2.68. The first-order valence-corrected chi connectivity index (χ1v) is 6.83. The van der Waals surface area contributed by atoms with E-state index in [0.29, 0.717) is 19.6 Å². The van der Waals surface area contributed by atoms with Crippen molar-refractivity contribution in [2.24, 2.45) is 0 Å². The molecule has 0 aromatic rings. The van der Waals surface area contributed by atoms with Gasteiger partial charge < -0.3 is 15.0 Å². The molecule has 7 heteroatoms. The molecule has 0 saturated heterocycles. The van der Waals surface area contributed by atoms with E-state index in [1.165, 1.54) is 0 Å². The third-order valence-electron chi connectivity index (χ3n) is 2.68. The molecule has 0 aliphatic carbocycles. The highest BCUT2D eigenvalue weighted by molar-refractivity contribution is 5.75. The van der Waals surface area contributed by atoms with Crippen molar-refractivity contribution >= 4 is 5.97 Å². The van der Waals surface area contributed by atoms with Crippen LogP contribution >= 0.6 is 0 Å².